The molecule has 2 heterocycles. The number of carbonyl (C=O) groups excluding carboxylic acids is 2. The molecule has 19 heavy (non-hydrogen) atoms. The van der Waals surface area contributed by atoms with Gasteiger partial charge in [-0.05, 0) is 19.8 Å². The van der Waals surface area contributed by atoms with E-state index >= 15 is 0 Å². The summed E-state index contributed by atoms with van der Waals surface area (Å²) >= 11 is 0. The molecular formula is C13H23N3O3. The summed E-state index contributed by atoms with van der Waals surface area (Å²) < 4.78 is 5.33. The molecule has 2 fully saturated rings. The van der Waals surface area contributed by atoms with Crippen molar-refractivity contribution in [2.24, 2.45) is 11.1 Å². The number of likely N-dealkylation sites (N-methyl/N-ethyl adjacent to an activating group) is 1. The summed E-state index contributed by atoms with van der Waals surface area (Å²) in [5, 5.41) is 0. The molecular weight excluding hydrogens is 246 g/mol. The lowest BCUT2D eigenvalue weighted by atomic mass is 9.84. The highest BCUT2D eigenvalue weighted by Crippen LogP contribution is 2.32. The molecule has 2 aliphatic rings. The van der Waals surface area contributed by atoms with Crippen LogP contribution in [0.2, 0.25) is 0 Å². The molecule has 2 N–H and O–H groups in total. The van der Waals surface area contributed by atoms with E-state index in [0.29, 0.717) is 19.8 Å². The fourth-order valence-electron chi connectivity index (χ4n) is 2.80. The Labute approximate surface area is 113 Å². The third-order valence-corrected chi connectivity index (χ3v) is 4.25. The predicted molar refractivity (Wildman–Crippen MR) is 70.3 cm³/mol. The molecule has 6 nitrogen and oxygen atoms in total. The van der Waals surface area contributed by atoms with Gasteiger partial charge in [0.2, 0.25) is 11.8 Å². The Morgan fingerprint density at radius 2 is 2.11 bits per heavy atom. The summed E-state index contributed by atoms with van der Waals surface area (Å²) in [5.41, 5.74) is 5.30. The number of nitrogens with zero attached hydrogens (tertiary/aromatic N) is 2. The summed E-state index contributed by atoms with van der Waals surface area (Å²) in [5.74, 6) is -0.0582. The molecule has 0 saturated carbocycles. The van der Waals surface area contributed by atoms with E-state index in [0.717, 1.165) is 12.8 Å². The van der Waals surface area contributed by atoms with Crippen LogP contribution in [0, 0.1) is 5.41 Å². The quantitative estimate of drug-likeness (QED) is 0.728. The van der Waals surface area contributed by atoms with Crippen LogP contribution in [0.3, 0.4) is 0 Å². The van der Waals surface area contributed by atoms with Crippen molar-refractivity contribution in [3.63, 3.8) is 0 Å². The minimum absolute atomic E-state index is 0.0121. The summed E-state index contributed by atoms with van der Waals surface area (Å²) in [6, 6.07) is -0.636. The Hall–Kier alpha value is -1.14. The maximum atomic E-state index is 12.7. The SMILES string of the molecule is CN(C)C(=O)C1CCCN1C(=O)C1(C)COCC1N. The van der Waals surface area contributed by atoms with Crippen LogP contribution < -0.4 is 5.73 Å². The van der Waals surface area contributed by atoms with E-state index in [4.69, 9.17) is 10.5 Å². The van der Waals surface area contributed by atoms with Crippen molar-refractivity contribution in [2.75, 3.05) is 33.9 Å². The van der Waals surface area contributed by atoms with E-state index < -0.39 is 5.41 Å². The fraction of sp³-hybridized carbons (Fsp3) is 0.846. The first kappa shape index (κ1) is 14.3. The third-order valence-electron chi connectivity index (χ3n) is 4.25. The molecule has 2 amide bonds. The molecule has 0 aromatic rings. The topological polar surface area (TPSA) is 75.9 Å². The standard InChI is InChI=1S/C13H23N3O3/c1-13(8-19-7-10(13)14)12(18)16-6-4-5-9(16)11(17)15(2)3/h9-10H,4-8,14H2,1-3H3. The van der Waals surface area contributed by atoms with Crippen LogP contribution in [-0.4, -0.2) is 67.6 Å². The highest BCUT2D eigenvalue weighted by Gasteiger charge is 2.49. The van der Waals surface area contributed by atoms with Crippen molar-refractivity contribution in [3.05, 3.63) is 0 Å². The maximum Gasteiger partial charge on any atom is 0.244 e. The highest BCUT2D eigenvalue weighted by molar-refractivity contribution is 5.91. The van der Waals surface area contributed by atoms with E-state index in [1.54, 1.807) is 23.9 Å². The second-order valence-corrected chi connectivity index (χ2v) is 5.93. The Morgan fingerprint density at radius 3 is 2.63 bits per heavy atom. The van der Waals surface area contributed by atoms with E-state index in [1.165, 1.54) is 0 Å². The predicted octanol–water partition coefficient (Wildman–Crippen LogP) is -0.571. The van der Waals surface area contributed by atoms with Crippen molar-refractivity contribution in [1.82, 2.24) is 9.80 Å². The molecule has 2 rings (SSSR count). The lowest BCUT2D eigenvalue weighted by molar-refractivity contribution is -0.149. The van der Waals surface area contributed by atoms with Crippen molar-refractivity contribution in [2.45, 2.75) is 31.8 Å². The van der Waals surface area contributed by atoms with Crippen molar-refractivity contribution in [1.29, 1.82) is 0 Å². The lowest BCUT2D eigenvalue weighted by Gasteiger charge is -2.34. The number of rotatable bonds is 2. The van der Waals surface area contributed by atoms with Gasteiger partial charge in [0.05, 0.1) is 18.6 Å². The Morgan fingerprint density at radius 1 is 1.42 bits per heavy atom. The molecule has 0 spiro atoms. The van der Waals surface area contributed by atoms with Gasteiger partial charge in [-0.2, -0.15) is 0 Å². The van der Waals surface area contributed by atoms with Crippen LogP contribution in [0.1, 0.15) is 19.8 Å². The number of ether oxygens (including phenoxy) is 1. The average Bonchev–Trinajstić information content (AvgIpc) is 2.96. The van der Waals surface area contributed by atoms with E-state index in [2.05, 4.69) is 0 Å². The monoisotopic (exact) mass is 269 g/mol. The van der Waals surface area contributed by atoms with Gasteiger partial charge < -0.3 is 20.3 Å². The molecule has 0 radical (unpaired) electrons. The molecule has 2 saturated heterocycles. The van der Waals surface area contributed by atoms with Gasteiger partial charge in [0.1, 0.15) is 6.04 Å². The zero-order chi connectivity index (χ0) is 14.2. The average molecular weight is 269 g/mol. The number of hydrogen-bond donors (Lipinski definition) is 1. The van der Waals surface area contributed by atoms with Crippen LogP contribution >= 0.6 is 0 Å². The molecule has 2 aliphatic heterocycles. The van der Waals surface area contributed by atoms with E-state index in [1.807, 2.05) is 6.92 Å². The van der Waals surface area contributed by atoms with Crippen LogP contribution in [0.25, 0.3) is 0 Å². The van der Waals surface area contributed by atoms with E-state index in [-0.39, 0.29) is 23.9 Å². The second kappa shape index (κ2) is 5.09. The first-order chi connectivity index (χ1) is 8.88. The van der Waals surface area contributed by atoms with E-state index in [9.17, 15) is 9.59 Å². The van der Waals surface area contributed by atoms with Gasteiger partial charge in [-0.1, -0.05) is 0 Å². The van der Waals surface area contributed by atoms with Gasteiger partial charge in [-0.3, -0.25) is 9.59 Å². The van der Waals surface area contributed by atoms with Crippen LogP contribution in [0.5, 0.6) is 0 Å². The van der Waals surface area contributed by atoms with Gasteiger partial charge in [-0.15, -0.1) is 0 Å². The van der Waals surface area contributed by atoms with Crippen LogP contribution in [-0.2, 0) is 14.3 Å². The molecule has 0 bridgehead atoms. The van der Waals surface area contributed by atoms with Crippen molar-refractivity contribution in [3.8, 4) is 0 Å². The highest BCUT2D eigenvalue weighted by atomic mass is 16.5. The number of likely N-dealkylation sites (tertiary alicyclic amines) is 1. The van der Waals surface area contributed by atoms with Crippen LogP contribution in [0.15, 0.2) is 0 Å². The summed E-state index contributed by atoms with van der Waals surface area (Å²) in [7, 11) is 3.44. The van der Waals surface area contributed by atoms with Gasteiger partial charge in [0, 0.05) is 26.7 Å². The fourth-order valence-corrected chi connectivity index (χ4v) is 2.80. The van der Waals surface area contributed by atoms with Gasteiger partial charge in [0.25, 0.3) is 0 Å². The largest absolute Gasteiger partial charge is 0.379 e. The first-order valence-electron chi connectivity index (χ1n) is 6.73. The van der Waals surface area contributed by atoms with Gasteiger partial charge in [-0.25, -0.2) is 0 Å². The molecule has 0 aromatic carbocycles. The number of nitrogens with two attached hydrogens (primary N) is 1. The van der Waals surface area contributed by atoms with Gasteiger partial charge in [0.15, 0.2) is 0 Å². The Balaban J connectivity index is 2.16. The molecule has 0 aliphatic carbocycles. The summed E-state index contributed by atoms with van der Waals surface area (Å²) in [4.78, 5) is 28.1. The normalized spacial score (nSPS) is 34.6. The molecule has 108 valence electrons. The first-order valence-corrected chi connectivity index (χ1v) is 6.73. The number of hydrogen-bond acceptors (Lipinski definition) is 4. The third kappa shape index (κ3) is 2.34. The molecule has 0 aromatic heterocycles. The molecule has 3 atom stereocenters. The summed E-state index contributed by atoms with van der Waals surface area (Å²) in [6.45, 7) is 3.21. The zero-order valence-electron chi connectivity index (χ0n) is 11.9. The van der Waals surface area contributed by atoms with Crippen molar-refractivity contribution < 1.29 is 14.3 Å². The maximum absolute atomic E-state index is 12.7. The molecule has 6 heteroatoms. The zero-order valence-corrected chi connectivity index (χ0v) is 11.9. The number of carbonyl (C=O) groups is 2. The lowest BCUT2D eigenvalue weighted by Crippen LogP contribution is -2.55. The number of amides is 2. The molecule has 3 unspecified atom stereocenters. The second-order valence-electron chi connectivity index (χ2n) is 5.93. The Kier molecular flexibility index (Phi) is 3.82. The minimum Gasteiger partial charge on any atom is -0.379 e. The van der Waals surface area contributed by atoms with Crippen molar-refractivity contribution >= 4 is 11.8 Å². The minimum atomic E-state index is -0.699. The summed E-state index contributed by atoms with van der Waals surface area (Å²) in [6.07, 6.45) is 1.59. The van der Waals surface area contributed by atoms with Gasteiger partial charge >= 0.3 is 0 Å². The smallest absolute Gasteiger partial charge is 0.244 e. The Bertz CT molecular complexity index is 385. The van der Waals surface area contributed by atoms with Crippen LogP contribution in [0.4, 0.5) is 0 Å².